The lowest BCUT2D eigenvalue weighted by atomic mass is 10.2. The number of carbonyl (C=O) groups is 1. The van der Waals surface area contributed by atoms with Gasteiger partial charge in [-0.05, 0) is 31.9 Å². The molecule has 0 spiro atoms. The summed E-state index contributed by atoms with van der Waals surface area (Å²) < 4.78 is 0. The van der Waals surface area contributed by atoms with Gasteiger partial charge in [-0.2, -0.15) is 0 Å². The summed E-state index contributed by atoms with van der Waals surface area (Å²) in [4.78, 5) is 15.8. The van der Waals surface area contributed by atoms with Crippen LogP contribution in [0.15, 0.2) is 29.3 Å². The van der Waals surface area contributed by atoms with Gasteiger partial charge >= 0.3 is 0 Å². The molecule has 0 atom stereocenters. The number of rotatable bonds is 2. The van der Waals surface area contributed by atoms with Gasteiger partial charge in [0.25, 0.3) is 5.91 Å². The van der Waals surface area contributed by atoms with Gasteiger partial charge in [-0.1, -0.05) is 17.7 Å². The molecule has 1 aliphatic rings. The van der Waals surface area contributed by atoms with Crippen molar-refractivity contribution in [2.75, 3.05) is 5.32 Å². The van der Waals surface area contributed by atoms with E-state index < -0.39 is 5.91 Å². The van der Waals surface area contributed by atoms with E-state index in [1.165, 1.54) is 0 Å². The zero-order valence-electron chi connectivity index (χ0n) is 9.60. The summed E-state index contributed by atoms with van der Waals surface area (Å²) in [6.07, 6.45) is 1.95. The maximum atomic E-state index is 11.7. The molecule has 1 fully saturated rings. The number of hydrogen-bond acceptors (Lipinski definition) is 3. The van der Waals surface area contributed by atoms with Crippen molar-refractivity contribution in [1.82, 2.24) is 5.48 Å². The van der Waals surface area contributed by atoms with Gasteiger partial charge in [-0.15, -0.1) is 0 Å². The molecule has 1 aliphatic carbocycles. The van der Waals surface area contributed by atoms with E-state index in [4.69, 9.17) is 5.21 Å². The summed E-state index contributed by atoms with van der Waals surface area (Å²) in [5, 5.41) is 11.5. The van der Waals surface area contributed by atoms with Gasteiger partial charge in [0.1, 0.15) is 0 Å². The number of carbonyl (C=O) groups excluding carboxylic acids is 1. The number of amidine groups is 1. The van der Waals surface area contributed by atoms with E-state index in [-0.39, 0.29) is 11.9 Å². The summed E-state index contributed by atoms with van der Waals surface area (Å²) in [5.41, 5.74) is 3.64. The molecule has 1 aromatic carbocycles. The second kappa shape index (κ2) is 4.97. The van der Waals surface area contributed by atoms with E-state index in [2.05, 4.69) is 10.3 Å². The number of nitrogens with zero attached hydrogens (tertiary/aromatic N) is 1. The van der Waals surface area contributed by atoms with Crippen LogP contribution in [0.25, 0.3) is 0 Å². The highest BCUT2D eigenvalue weighted by molar-refractivity contribution is 6.41. The number of nitrogens with one attached hydrogen (secondary N) is 2. The van der Waals surface area contributed by atoms with E-state index >= 15 is 0 Å². The van der Waals surface area contributed by atoms with Crippen molar-refractivity contribution >= 4 is 17.4 Å². The summed E-state index contributed by atoms with van der Waals surface area (Å²) >= 11 is 0. The third kappa shape index (κ3) is 3.29. The third-order valence-corrected chi connectivity index (χ3v) is 2.49. The molecule has 5 nitrogen and oxygen atoms in total. The molecule has 5 heteroatoms. The van der Waals surface area contributed by atoms with Crippen LogP contribution in [0.3, 0.4) is 0 Å². The Labute approximate surface area is 99.5 Å². The zero-order valence-corrected chi connectivity index (χ0v) is 9.60. The first kappa shape index (κ1) is 11.6. The highest BCUT2D eigenvalue weighted by Gasteiger charge is 2.23. The van der Waals surface area contributed by atoms with Crippen LogP contribution in [0.2, 0.25) is 0 Å². The quantitative estimate of drug-likeness (QED) is 0.411. The fourth-order valence-corrected chi connectivity index (χ4v) is 1.35. The van der Waals surface area contributed by atoms with Gasteiger partial charge in [0.05, 0.1) is 6.04 Å². The standard InChI is InChI=1S/C12H15N3O2/c1-8-2-4-10(5-3-8)14-12(16)11(15-17)13-9-6-7-9/h2-5,9,17H,6-7H2,1H3,(H,13,15)(H,14,16). The highest BCUT2D eigenvalue weighted by Crippen LogP contribution is 2.23. The Morgan fingerprint density at radius 2 is 2.00 bits per heavy atom. The first-order valence-corrected chi connectivity index (χ1v) is 5.55. The fraction of sp³-hybridized carbons (Fsp3) is 0.333. The van der Waals surface area contributed by atoms with Crippen molar-refractivity contribution in [3.8, 4) is 0 Å². The predicted octanol–water partition coefficient (Wildman–Crippen LogP) is 1.47. The second-order valence-corrected chi connectivity index (χ2v) is 4.14. The van der Waals surface area contributed by atoms with Crippen LogP contribution in [-0.4, -0.2) is 23.0 Å². The average Bonchev–Trinajstić information content (AvgIpc) is 3.13. The van der Waals surface area contributed by atoms with Crippen LogP contribution in [0.1, 0.15) is 18.4 Å². The topological polar surface area (TPSA) is 73.7 Å². The second-order valence-electron chi connectivity index (χ2n) is 4.14. The summed E-state index contributed by atoms with van der Waals surface area (Å²) in [5.74, 6) is -0.462. The summed E-state index contributed by atoms with van der Waals surface area (Å²) in [6, 6.07) is 7.59. The molecule has 1 saturated carbocycles. The van der Waals surface area contributed by atoms with E-state index in [9.17, 15) is 4.79 Å². The van der Waals surface area contributed by atoms with E-state index in [1.54, 1.807) is 12.1 Å². The van der Waals surface area contributed by atoms with E-state index in [0.29, 0.717) is 5.69 Å². The van der Waals surface area contributed by atoms with Gasteiger partial charge in [0, 0.05) is 5.69 Å². The Kier molecular flexibility index (Phi) is 3.39. The Morgan fingerprint density at radius 3 is 2.53 bits per heavy atom. The SMILES string of the molecule is Cc1ccc(NC(=O)C(=NC2CC2)NO)cc1. The molecule has 0 aliphatic heterocycles. The maximum absolute atomic E-state index is 11.7. The molecule has 17 heavy (non-hydrogen) atoms. The Morgan fingerprint density at radius 1 is 1.35 bits per heavy atom. The molecule has 0 bridgehead atoms. The van der Waals surface area contributed by atoms with Gasteiger partial charge in [-0.3, -0.25) is 15.0 Å². The molecule has 0 saturated heterocycles. The van der Waals surface area contributed by atoms with Gasteiger partial charge in [-0.25, -0.2) is 5.48 Å². The van der Waals surface area contributed by atoms with Gasteiger partial charge in [0.2, 0.25) is 5.84 Å². The minimum absolute atomic E-state index is 0.0342. The molecule has 1 aromatic rings. The molecule has 0 heterocycles. The molecule has 0 radical (unpaired) electrons. The number of anilines is 1. The van der Waals surface area contributed by atoms with Crippen molar-refractivity contribution < 1.29 is 10.0 Å². The Hall–Kier alpha value is -1.88. The summed E-state index contributed by atoms with van der Waals surface area (Å²) in [6.45, 7) is 1.97. The Bertz CT molecular complexity index is 436. The van der Waals surface area contributed by atoms with Crippen LogP contribution in [0.4, 0.5) is 5.69 Å². The van der Waals surface area contributed by atoms with Crippen LogP contribution < -0.4 is 10.8 Å². The molecule has 0 unspecified atom stereocenters. The minimum atomic E-state index is -0.428. The number of benzene rings is 1. The van der Waals surface area contributed by atoms with Crippen molar-refractivity contribution in [3.05, 3.63) is 29.8 Å². The molecule has 3 N–H and O–H groups in total. The lowest BCUT2D eigenvalue weighted by Gasteiger charge is -2.06. The monoisotopic (exact) mass is 233 g/mol. The van der Waals surface area contributed by atoms with Crippen molar-refractivity contribution in [3.63, 3.8) is 0 Å². The molecular weight excluding hydrogens is 218 g/mol. The van der Waals surface area contributed by atoms with E-state index in [1.807, 2.05) is 24.5 Å². The average molecular weight is 233 g/mol. The predicted molar refractivity (Wildman–Crippen MR) is 65.2 cm³/mol. The van der Waals surface area contributed by atoms with Crippen LogP contribution in [-0.2, 0) is 4.79 Å². The first-order chi connectivity index (χ1) is 8.19. The van der Waals surface area contributed by atoms with Gasteiger partial charge < -0.3 is 5.32 Å². The largest absolute Gasteiger partial charge is 0.319 e. The molecule has 1 amide bonds. The molecule has 90 valence electrons. The lowest BCUT2D eigenvalue weighted by Crippen LogP contribution is -2.34. The number of amides is 1. The lowest BCUT2D eigenvalue weighted by molar-refractivity contribution is -0.110. The van der Waals surface area contributed by atoms with Crippen molar-refractivity contribution in [2.24, 2.45) is 4.99 Å². The zero-order chi connectivity index (χ0) is 12.3. The molecule has 2 rings (SSSR count). The minimum Gasteiger partial charge on any atom is -0.319 e. The number of hydrogen-bond donors (Lipinski definition) is 3. The normalized spacial score (nSPS) is 15.5. The first-order valence-electron chi connectivity index (χ1n) is 5.55. The highest BCUT2D eigenvalue weighted by atomic mass is 16.5. The van der Waals surface area contributed by atoms with Crippen LogP contribution >= 0.6 is 0 Å². The number of hydroxylamine groups is 1. The van der Waals surface area contributed by atoms with Crippen molar-refractivity contribution in [1.29, 1.82) is 0 Å². The Balaban J connectivity index is 2.02. The summed E-state index contributed by atoms with van der Waals surface area (Å²) in [7, 11) is 0. The van der Waals surface area contributed by atoms with Crippen molar-refractivity contribution in [2.45, 2.75) is 25.8 Å². The van der Waals surface area contributed by atoms with E-state index in [0.717, 1.165) is 18.4 Å². The third-order valence-electron chi connectivity index (χ3n) is 2.49. The van der Waals surface area contributed by atoms with Gasteiger partial charge in [0.15, 0.2) is 0 Å². The fourth-order valence-electron chi connectivity index (χ4n) is 1.35. The molecule has 0 aromatic heterocycles. The molecular formula is C12H15N3O2. The smallest absolute Gasteiger partial charge is 0.292 e. The number of aliphatic imine (C=N–C) groups is 1. The number of aryl methyl sites for hydroxylation is 1. The van der Waals surface area contributed by atoms with Crippen LogP contribution in [0, 0.1) is 6.92 Å². The maximum Gasteiger partial charge on any atom is 0.292 e. The van der Waals surface area contributed by atoms with Crippen LogP contribution in [0.5, 0.6) is 0 Å².